The number of aldehydes is 1. The summed E-state index contributed by atoms with van der Waals surface area (Å²) in [6, 6.07) is 0.0543. The van der Waals surface area contributed by atoms with Crippen molar-refractivity contribution in [3.05, 3.63) is 6.92 Å². The Morgan fingerprint density at radius 1 is 1.38 bits per heavy atom. The van der Waals surface area contributed by atoms with Gasteiger partial charge < -0.3 is 10.1 Å². The monoisotopic (exact) mass is 184 g/mol. The van der Waals surface area contributed by atoms with Crippen LogP contribution < -0.4 is 5.32 Å². The van der Waals surface area contributed by atoms with Gasteiger partial charge in [-0.25, -0.2) is 0 Å². The smallest absolute Gasteiger partial charge is 0.136 e. The Kier molecular flexibility index (Phi) is 9.44. The maximum Gasteiger partial charge on any atom is 0.136 e. The lowest BCUT2D eigenvalue weighted by Crippen LogP contribution is -2.31. The van der Waals surface area contributed by atoms with Gasteiger partial charge in [-0.05, 0) is 19.4 Å². The Hall–Kier alpha value is -0.370. The number of rotatable bonds is 9. The molecule has 0 aromatic heterocycles. The number of hydrogen-bond donors (Lipinski definition) is 1. The molecule has 0 saturated heterocycles. The predicted molar refractivity (Wildman–Crippen MR) is 56.6 cm³/mol. The van der Waals surface area contributed by atoms with Crippen LogP contribution in [0.4, 0.5) is 0 Å². The van der Waals surface area contributed by atoms with Crippen LogP contribution in [0.15, 0.2) is 0 Å². The molecule has 0 aromatic carbocycles. The van der Waals surface area contributed by atoms with E-state index in [1.54, 1.807) is 0 Å². The molecule has 1 radical (unpaired) electrons. The zero-order valence-electron chi connectivity index (χ0n) is 8.72. The molecule has 0 saturated carbocycles. The summed E-state index contributed by atoms with van der Waals surface area (Å²) < 4.78 is 0. The van der Waals surface area contributed by atoms with E-state index in [1.807, 2.05) is 0 Å². The Morgan fingerprint density at radius 3 is 2.69 bits per heavy atom. The molecule has 13 heavy (non-hydrogen) atoms. The molecule has 0 fully saturated rings. The van der Waals surface area contributed by atoms with Gasteiger partial charge in [-0.15, -0.1) is 0 Å². The molecular weight excluding hydrogens is 162 g/mol. The van der Waals surface area contributed by atoms with Crippen LogP contribution in [0.2, 0.25) is 0 Å². The molecule has 1 N–H and O–H groups in total. The van der Waals surface area contributed by atoms with E-state index in [9.17, 15) is 4.79 Å². The lowest BCUT2D eigenvalue weighted by molar-refractivity contribution is -0.109. The van der Waals surface area contributed by atoms with Gasteiger partial charge in [0.25, 0.3) is 0 Å². The molecule has 0 amide bonds. The van der Waals surface area contributed by atoms with Gasteiger partial charge in [-0.2, -0.15) is 0 Å². The summed E-state index contributed by atoms with van der Waals surface area (Å²) in [5, 5.41) is 3.24. The van der Waals surface area contributed by atoms with E-state index >= 15 is 0 Å². The van der Waals surface area contributed by atoms with E-state index < -0.39 is 0 Å². The van der Waals surface area contributed by atoms with Crippen LogP contribution in [0.3, 0.4) is 0 Å². The van der Waals surface area contributed by atoms with Crippen molar-refractivity contribution in [2.75, 3.05) is 6.54 Å². The molecule has 77 valence electrons. The molecular formula is C11H22NO. The number of carbonyl (C=O) groups is 1. The quantitative estimate of drug-likeness (QED) is 0.440. The average molecular weight is 184 g/mol. The maximum atomic E-state index is 10.6. The fourth-order valence-electron chi connectivity index (χ4n) is 1.24. The van der Waals surface area contributed by atoms with Gasteiger partial charge in [0.15, 0.2) is 0 Å². The Bertz CT molecular complexity index is 115. The molecule has 1 unspecified atom stereocenters. The molecule has 1 atom stereocenters. The predicted octanol–water partition coefficient (Wildman–Crippen LogP) is 2.34. The number of unbranched alkanes of at least 4 members (excludes halogenated alkanes) is 3. The van der Waals surface area contributed by atoms with Crippen LogP contribution in [-0.2, 0) is 4.79 Å². The largest absolute Gasteiger partial charge is 0.308 e. The van der Waals surface area contributed by atoms with E-state index in [1.165, 1.54) is 19.3 Å². The van der Waals surface area contributed by atoms with Crippen LogP contribution in [-0.4, -0.2) is 18.9 Å². The lowest BCUT2D eigenvalue weighted by Gasteiger charge is -2.11. The van der Waals surface area contributed by atoms with Gasteiger partial charge in [0.2, 0.25) is 0 Å². The van der Waals surface area contributed by atoms with Crippen molar-refractivity contribution in [2.45, 2.75) is 51.5 Å². The summed E-state index contributed by atoms with van der Waals surface area (Å²) in [4.78, 5) is 10.6. The van der Waals surface area contributed by atoms with Crippen LogP contribution >= 0.6 is 0 Å². The molecule has 2 nitrogen and oxygen atoms in total. The van der Waals surface area contributed by atoms with E-state index in [-0.39, 0.29) is 6.04 Å². The van der Waals surface area contributed by atoms with Gasteiger partial charge in [-0.1, -0.05) is 39.5 Å². The summed E-state index contributed by atoms with van der Waals surface area (Å²) in [6.45, 7) is 6.91. The molecule has 0 aromatic rings. The number of hydrogen-bond acceptors (Lipinski definition) is 2. The second-order valence-corrected chi connectivity index (χ2v) is 3.40. The third kappa shape index (κ3) is 7.97. The first-order valence-corrected chi connectivity index (χ1v) is 5.33. The van der Waals surface area contributed by atoms with Gasteiger partial charge in [-0.3, -0.25) is 0 Å². The topological polar surface area (TPSA) is 29.1 Å². The molecule has 0 heterocycles. The molecule has 2 heteroatoms. The molecule has 0 aliphatic carbocycles. The summed E-state index contributed by atoms with van der Waals surface area (Å²) >= 11 is 0. The first-order chi connectivity index (χ1) is 6.35. The van der Waals surface area contributed by atoms with E-state index in [0.717, 1.165) is 32.1 Å². The minimum atomic E-state index is 0.0543. The van der Waals surface area contributed by atoms with Gasteiger partial charge in [0.05, 0.1) is 6.04 Å². The normalized spacial score (nSPS) is 12.8. The Balaban J connectivity index is 3.31. The fourth-order valence-corrected chi connectivity index (χ4v) is 1.24. The highest BCUT2D eigenvalue weighted by Gasteiger charge is 2.03. The van der Waals surface area contributed by atoms with Crippen molar-refractivity contribution >= 4 is 6.29 Å². The molecule has 0 aliphatic heterocycles. The number of carbonyl (C=O) groups excluding carboxylic acids is 1. The highest BCUT2D eigenvalue weighted by molar-refractivity contribution is 5.57. The van der Waals surface area contributed by atoms with E-state index in [4.69, 9.17) is 0 Å². The average Bonchev–Trinajstić information content (AvgIpc) is 2.17. The summed E-state index contributed by atoms with van der Waals surface area (Å²) in [7, 11) is 0. The van der Waals surface area contributed by atoms with Crippen molar-refractivity contribution in [3.63, 3.8) is 0 Å². The van der Waals surface area contributed by atoms with Crippen molar-refractivity contribution in [1.82, 2.24) is 5.32 Å². The van der Waals surface area contributed by atoms with Gasteiger partial charge in [0.1, 0.15) is 6.29 Å². The summed E-state index contributed by atoms with van der Waals surface area (Å²) in [5.74, 6) is 0. The first-order valence-electron chi connectivity index (χ1n) is 5.33. The van der Waals surface area contributed by atoms with Crippen molar-refractivity contribution in [1.29, 1.82) is 0 Å². The molecule has 0 spiro atoms. The minimum absolute atomic E-state index is 0.0543. The van der Waals surface area contributed by atoms with Crippen LogP contribution in [0.25, 0.3) is 0 Å². The third-order valence-corrected chi connectivity index (χ3v) is 2.12. The SMILES string of the molecule is [CH2]CCCC(C=O)NCCCCC. The van der Waals surface area contributed by atoms with Crippen molar-refractivity contribution in [3.8, 4) is 0 Å². The Morgan fingerprint density at radius 2 is 2.15 bits per heavy atom. The molecule has 0 aliphatic rings. The maximum absolute atomic E-state index is 10.6. The van der Waals surface area contributed by atoms with Gasteiger partial charge >= 0.3 is 0 Å². The highest BCUT2D eigenvalue weighted by atomic mass is 16.1. The fraction of sp³-hybridized carbons (Fsp3) is 0.818. The second-order valence-electron chi connectivity index (χ2n) is 3.40. The zero-order valence-corrected chi connectivity index (χ0v) is 8.72. The van der Waals surface area contributed by atoms with Gasteiger partial charge in [0, 0.05) is 0 Å². The van der Waals surface area contributed by atoms with E-state index in [0.29, 0.717) is 0 Å². The zero-order chi connectivity index (χ0) is 9.94. The minimum Gasteiger partial charge on any atom is -0.308 e. The highest BCUT2D eigenvalue weighted by Crippen LogP contribution is 1.99. The van der Waals surface area contributed by atoms with E-state index in [2.05, 4.69) is 19.2 Å². The molecule has 0 bridgehead atoms. The Labute approximate surface area is 82.1 Å². The molecule has 0 rings (SSSR count). The first kappa shape index (κ1) is 12.6. The summed E-state index contributed by atoms with van der Waals surface area (Å²) in [5.41, 5.74) is 0. The van der Waals surface area contributed by atoms with Crippen LogP contribution in [0.1, 0.15) is 45.4 Å². The lowest BCUT2D eigenvalue weighted by atomic mass is 10.1. The van der Waals surface area contributed by atoms with Crippen molar-refractivity contribution < 1.29 is 4.79 Å². The van der Waals surface area contributed by atoms with Crippen LogP contribution in [0.5, 0.6) is 0 Å². The van der Waals surface area contributed by atoms with Crippen molar-refractivity contribution in [2.24, 2.45) is 0 Å². The third-order valence-electron chi connectivity index (χ3n) is 2.12. The van der Waals surface area contributed by atoms with Crippen LogP contribution in [0, 0.1) is 6.92 Å². The standard InChI is InChI=1S/C11H22NO/c1-3-5-7-9-12-11(10-13)8-6-4-2/h10-12H,2-9H2,1H3. The summed E-state index contributed by atoms with van der Waals surface area (Å²) in [6.07, 6.45) is 7.54. The number of nitrogens with one attached hydrogen (secondary N) is 1. The second kappa shape index (κ2) is 9.72.